The van der Waals surface area contributed by atoms with E-state index in [2.05, 4.69) is 144 Å². The van der Waals surface area contributed by atoms with Crippen LogP contribution >= 0.6 is 0 Å². The Balaban J connectivity index is 1.30. The van der Waals surface area contributed by atoms with Crippen LogP contribution in [0.2, 0.25) is 0 Å². The number of benzene rings is 6. The van der Waals surface area contributed by atoms with Crippen molar-refractivity contribution in [1.29, 1.82) is 0 Å². The monoisotopic (exact) mass is 539 g/mol. The van der Waals surface area contributed by atoms with Gasteiger partial charge in [0, 0.05) is 22.1 Å². The minimum atomic E-state index is 0.159. The summed E-state index contributed by atoms with van der Waals surface area (Å²) >= 11 is 0. The van der Waals surface area contributed by atoms with Crippen molar-refractivity contribution in [3.05, 3.63) is 151 Å². The summed E-state index contributed by atoms with van der Waals surface area (Å²) in [5.74, 6) is 1.61. The first-order chi connectivity index (χ1) is 20.8. The van der Waals surface area contributed by atoms with Crippen molar-refractivity contribution < 1.29 is 0 Å². The molecule has 3 aliphatic carbocycles. The topological polar surface area (TPSA) is 3.24 Å². The number of anilines is 3. The van der Waals surface area contributed by atoms with E-state index >= 15 is 0 Å². The lowest BCUT2D eigenvalue weighted by atomic mass is 9.67. The van der Waals surface area contributed by atoms with Crippen molar-refractivity contribution in [3.8, 4) is 22.3 Å². The zero-order valence-electron chi connectivity index (χ0n) is 23.7. The highest BCUT2D eigenvalue weighted by molar-refractivity contribution is 6.02. The van der Waals surface area contributed by atoms with Gasteiger partial charge in [0.1, 0.15) is 0 Å². The van der Waals surface area contributed by atoms with Gasteiger partial charge >= 0.3 is 0 Å². The van der Waals surface area contributed by atoms with Gasteiger partial charge in [-0.25, -0.2) is 0 Å². The van der Waals surface area contributed by atoms with Crippen molar-refractivity contribution in [2.24, 2.45) is 11.8 Å². The van der Waals surface area contributed by atoms with Crippen LogP contribution in [0.15, 0.2) is 140 Å². The van der Waals surface area contributed by atoms with Crippen LogP contribution in [0.1, 0.15) is 36.8 Å². The van der Waals surface area contributed by atoms with E-state index in [1.54, 1.807) is 11.1 Å². The van der Waals surface area contributed by atoms with Crippen LogP contribution < -0.4 is 4.90 Å². The summed E-state index contributed by atoms with van der Waals surface area (Å²) in [5, 5.41) is 2.53. The molecular weight excluding hydrogens is 506 g/mol. The average Bonchev–Trinajstić information content (AvgIpc) is 3.75. The molecule has 2 bridgehead atoms. The molecule has 202 valence electrons. The smallest absolute Gasteiger partial charge is 0.0543 e. The van der Waals surface area contributed by atoms with Crippen molar-refractivity contribution in [1.82, 2.24) is 0 Å². The van der Waals surface area contributed by atoms with E-state index in [9.17, 15) is 0 Å². The van der Waals surface area contributed by atoms with Crippen molar-refractivity contribution >= 4 is 27.8 Å². The molecule has 0 N–H and O–H groups in total. The molecule has 2 saturated carbocycles. The Bertz CT molecular complexity index is 1950. The Morgan fingerprint density at radius 2 is 1.24 bits per heavy atom. The third kappa shape index (κ3) is 3.37. The van der Waals surface area contributed by atoms with Crippen LogP contribution in [-0.2, 0) is 5.41 Å². The maximum atomic E-state index is 2.53. The Morgan fingerprint density at radius 3 is 2.07 bits per heavy atom. The minimum absolute atomic E-state index is 0.159. The second-order valence-electron chi connectivity index (χ2n) is 12.5. The van der Waals surface area contributed by atoms with Gasteiger partial charge in [-0.1, -0.05) is 122 Å². The number of rotatable bonds is 4. The SMILES string of the molecule is c1ccc(-c2ccc(N(c3cccc4c3-c3ccccc3[C@]43C[C@H]4CC[C@@H]3C4)c3cccc4ccccc34)cc2)cc1. The number of hydrogen-bond donors (Lipinski definition) is 0. The van der Waals surface area contributed by atoms with Gasteiger partial charge in [-0.15, -0.1) is 0 Å². The van der Waals surface area contributed by atoms with Gasteiger partial charge < -0.3 is 4.90 Å². The average molecular weight is 540 g/mol. The van der Waals surface area contributed by atoms with Crippen LogP contribution in [0.3, 0.4) is 0 Å². The molecule has 0 heterocycles. The van der Waals surface area contributed by atoms with Gasteiger partial charge in [0.25, 0.3) is 0 Å². The van der Waals surface area contributed by atoms with E-state index in [0.717, 1.165) is 11.8 Å². The largest absolute Gasteiger partial charge is 0.309 e. The molecule has 0 radical (unpaired) electrons. The van der Waals surface area contributed by atoms with Crippen LogP contribution in [0.5, 0.6) is 0 Å². The first kappa shape index (κ1) is 24.0. The molecule has 0 unspecified atom stereocenters. The predicted octanol–water partition coefficient (Wildman–Crippen LogP) is 11.1. The zero-order valence-corrected chi connectivity index (χ0v) is 23.7. The molecule has 1 nitrogen and oxygen atoms in total. The minimum Gasteiger partial charge on any atom is -0.309 e. The van der Waals surface area contributed by atoms with Crippen LogP contribution in [-0.4, -0.2) is 0 Å². The highest BCUT2D eigenvalue weighted by Gasteiger charge is 2.57. The summed E-state index contributed by atoms with van der Waals surface area (Å²) in [5.41, 5.74) is 12.3. The van der Waals surface area contributed by atoms with E-state index in [-0.39, 0.29) is 5.41 Å². The highest BCUT2D eigenvalue weighted by atomic mass is 15.1. The molecule has 3 atom stereocenters. The fourth-order valence-electron chi connectivity index (χ4n) is 8.85. The quantitative estimate of drug-likeness (QED) is 0.215. The van der Waals surface area contributed by atoms with Crippen molar-refractivity contribution in [2.45, 2.75) is 31.1 Å². The molecule has 2 fully saturated rings. The second kappa shape index (κ2) is 9.19. The molecule has 9 rings (SSSR count). The molecule has 1 spiro atoms. The lowest BCUT2D eigenvalue weighted by Gasteiger charge is -2.37. The summed E-state index contributed by atoms with van der Waals surface area (Å²) < 4.78 is 0. The lowest BCUT2D eigenvalue weighted by Crippen LogP contribution is -2.31. The highest BCUT2D eigenvalue weighted by Crippen LogP contribution is 2.67. The molecular formula is C41H33N. The molecule has 6 aromatic rings. The predicted molar refractivity (Wildman–Crippen MR) is 176 cm³/mol. The summed E-state index contributed by atoms with van der Waals surface area (Å²) in [6.07, 6.45) is 5.44. The Kier molecular flexibility index (Phi) is 5.26. The van der Waals surface area contributed by atoms with E-state index in [4.69, 9.17) is 0 Å². The Hall–Kier alpha value is -4.62. The van der Waals surface area contributed by atoms with Gasteiger partial charge in [-0.2, -0.15) is 0 Å². The second-order valence-corrected chi connectivity index (χ2v) is 12.5. The van der Waals surface area contributed by atoms with Gasteiger partial charge in [0.05, 0.1) is 11.4 Å². The normalized spacial score (nSPS) is 21.5. The summed E-state index contributed by atoms with van der Waals surface area (Å²) in [6.45, 7) is 0. The number of hydrogen-bond acceptors (Lipinski definition) is 1. The first-order valence-electron chi connectivity index (χ1n) is 15.5. The zero-order chi connectivity index (χ0) is 27.7. The maximum absolute atomic E-state index is 2.53. The molecule has 0 aromatic heterocycles. The van der Waals surface area contributed by atoms with E-state index in [1.165, 1.54) is 75.8 Å². The fourth-order valence-corrected chi connectivity index (χ4v) is 8.85. The van der Waals surface area contributed by atoms with Gasteiger partial charge in [-0.05, 0) is 88.6 Å². The van der Waals surface area contributed by atoms with E-state index in [1.807, 2.05) is 0 Å². The van der Waals surface area contributed by atoms with Crippen LogP contribution in [0.4, 0.5) is 17.1 Å². The van der Waals surface area contributed by atoms with E-state index < -0.39 is 0 Å². The molecule has 0 saturated heterocycles. The summed E-state index contributed by atoms with van der Waals surface area (Å²) in [4.78, 5) is 2.53. The Morgan fingerprint density at radius 1 is 0.548 bits per heavy atom. The van der Waals surface area contributed by atoms with Crippen LogP contribution in [0, 0.1) is 11.8 Å². The summed E-state index contributed by atoms with van der Waals surface area (Å²) in [7, 11) is 0. The molecule has 6 aromatic carbocycles. The molecule has 1 heteroatoms. The first-order valence-corrected chi connectivity index (χ1v) is 15.5. The van der Waals surface area contributed by atoms with Gasteiger partial charge in [-0.3, -0.25) is 0 Å². The fraction of sp³-hybridized carbons (Fsp3) is 0.171. The van der Waals surface area contributed by atoms with Crippen molar-refractivity contribution in [3.63, 3.8) is 0 Å². The lowest BCUT2D eigenvalue weighted by molar-refractivity contribution is 0.327. The van der Waals surface area contributed by atoms with Crippen molar-refractivity contribution in [2.75, 3.05) is 4.90 Å². The number of fused-ring (bicyclic) bond motifs is 9. The standard InChI is InChI=1S/C41H33N/c1-2-10-29(11-3-1)30-21-24-33(25-22-30)42(38-18-8-13-31-12-4-5-14-34(31)38)39-19-9-17-37-40(39)35-15-6-7-16-36(35)41(37)27-28-20-23-32(41)26-28/h1-19,21-22,24-25,28,32H,20,23,26-27H2/t28-,32+,41+/m0/s1. The third-order valence-corrected chi connectivity index (χ3v) is 10.5. The number of nitrogens with zero attached hydrogens (tertiary/aromatic N) is 1. The molecule has 3 aliphatic rings. The maximum Gasteiger partial charge on any atom is 0.0543 e. The molecule has 0 amide bonds. The third-order valence-electron chi connectivity index (χ3n) is 10.5. The van der Waals surface area contributed by atoms with Crippen LogP contribution in [0.25, 0.3) is 33.0 Å². The van der Waals surface area contributed by atoms with Gasteiger partial charge in [0.2, 0.25) is 0 Å². The Labute approximate surface area is 248 Å². The molecule has 0 aliphatic heterocycles. The van der Waals surface area contributed by atoms with E-state index in [0.29, 0.717) is 0 Å². The molecule has 42 heavy (non-hydrogen) atoms. The summed E-state index contributed by atoms with van der Waals surface area (Å²) in [6, 6.07) is 51.8. The van der Waals surface area contributed by atoms with Gasteiger partial charge in [0.15, 0.2) is 0 Å².